The van der Waals surface area contributed by atoms with Crippen molar-refractivity contribution in [1.29, 1.82) is 0 Å². The van der Waals surface area contributed by atoms with Crippen molar-refractivity contribution in [3.8, 4) is 0 Å². The van der Waals surface area contributed by atoms with Crippen LogP contribution in [0.5, 0.6) is 0 Å². The van der Waals surface area contributed by atoms with Gasteiger partial charge in [0.1, 0.15) is 5.82 Å². The van der Waals surface area contributed by atoms with Gasteiger partial charge < -0.3 is 5.73 Å². The van der Waals surface area contributed by atoms with E-state index >= 15 is 0 Å². The molecule has 15 heavy (non-hydrogen) atoms. The summed E-state index contributed by atoms with van der Waals surface area (Å²) >= 11 is 0. The van der Waals surface area contributed by atoms with Gasteiger partial charge in [0.2, 0.25) is 0 Å². The van der Waals surface area contributed by atoms with Crippen molar-refractivity contribution in [2.24, 2.45) is 5.73 Å². The molecule has 1 aromatic rings. The van der Waals surface area contributed by atoms with Crippen LogP contribution in [0, 0.1) is 0 Å². The smallest absolute Gasteiger partial charge is 0.128 e. The van der Waals surface area contributed by atoms with Gasteiger partial charge in [0.05, 0.1) is 0 Å². The molecule has 1 aliphatic rings. The van der Waals surface area contributed by atoms with Crippen LogP contribution >= 0.6 is 0 Å². The largest absolute Gasteiger partial charge is 0.330 e. The highest BCUT2D eigenvalue weighted by atomic mass is 14.9. The van der Waals surface area contributed by atoms with E-state index in [1.807, 2.05) is 0 Å². The van der Waals surface area contributed by atoms with Gasteiger partial charge in [-0.1, -0.05) is 6.92 Å². The molecular weight excluding hydrogens is 186 g/mol. The molecule has 0 bridgehead atoms. The Morgan fingerprint density at radius 3 is 2.80 bits per heavy atom. The van der Waals surface area contributed by atoms with Crippen molar-refractivity contribution in [3.63, 3.8) is 0 Å². The van der Waals surface area contributed by atoms with E-state index in [0.29, 0.717) is 0 Å². The van der Waals surface area contributed by atoms with Crippen LogP contribution in [0.2, 0.25) is 0 Å². The van der Waals surface area contributed by atoms with Gasteiger partial charge in [0.25, 0.3) is 0 Å². The molecule has 0 aliphatic heterocycles. The molecule has 1 heterocycles. The molecule has 0 radical (unpaired) electrons. The molecule has 1 fully saturated rings. The molecule has 1 aromatic heterocycles. The monoisotopic (exact) mass is 205 g/mol. The average molecular weight is 205 g/mol. The molecular formula is C12H19N3. The fraction of sp³-hybridized carbons (Fsp3) is 0.667. The predicted molar refractivity (Wildman–Crippen MR) is 60.8 cm³/mol. The number of rotatable bonds is 5. The zero-order valence-corrected chi connectivity index (χ0v) is 9.37. The lowest BCUT2D eigenvalue weighted by atomic mass is 10.2. The Morgan fingerprint density at radius 2 is 2.20 bits per heavy atom. The molecule has 0 saturated heterocycles. The molecule has 82 valence electrons. The number of aryl methyl sites for hydroxylation is 2. The summed E-state index contributed by atoms with van der Waals surface area (Å²) in [5, 5.41) is 0. The number of hydrogen-bond acceptors (Lipinski definition) is 3. The van der Waals surface area contributed by atoms with Crippen molar-refractivity contribution in [3.05, 3.63) is 23.3 Å². The highest BCUT2D eigenvalue weighted by Crippen LogP contribution is 2.39. The second-order valence-electron chi connectivity index (χ2n) is 4.22. The van der Waals surface area contributed by atoms with Gasteiger partial charge >= 0.3 is 0 Å². The third-order valence-corrected chi connectivity index (χ3v) is 2.81. The number of hydrogen-bond donors (Lipinski definition) is 1. The Labute approximate surface area is 91.1 Å². The topological polar surface area (TPSA) is 51.8 Å². The zero-order valence-electron chi connectivity index (χ0n) is 9.37. The molecule has 0 aromatic carbocycles. The van der Waals surface area contributed by atoms with E-state index in [1.54, 1.807) is 0 Å². The lowest BCUT2D eigenvalue weighted by Crippen LogP contribution is -2.06. The molecule has 0 amide bonds. The minimum Gasteiger partial charge on any atom is -0.330 e. The summed E-state index contributed by atoms with van der Waals surface area (Å²) in [6.45, 7) is 2.87. The first-order valence-electron chi connectivity index (χ1n) is 5.90. The summed E-state index contributed by atoms with van der Waals surface area (Å²) in [6, 6.07) is 2.17. The molecule has 3 heteroatoms. The predicted octanol–water partition coefficient (Wildman–Crippen LogP) is 1.81. The zero-order chi connectivity index (χ0) is 10.7. The van der Waals surface area contributed by atoms with Gasteiger partial charge in [-0.05, 0) is 38.3 Å². The van der Waals surface area contributed by atoms with Crippen LogP contribution in [-0.2, 0) is 12.8 Å². The van der Waals surface area contributed by atoms with E-state index in [1.165, 1.54) is 24.2 Å². The summed E-state index contributed by atoms with van der Waals surface area (Å²) < 4.78 is 0. The fourth-order valence-corrected chi connectivity index (χ4v) is 1.72. The van der Waals surface area contributed by atoms with Crippen LogP contribution in [0.15, 0.2) is 6.07 Å². The number of aromatic nitrogens is 2. The van der Waals surface area contributed by atoms with Crippen LogP contribution < -0.4 is 5.73 Å². The first-order chi connectivity index (χ1) is 7.33. The van der Waals surface area contributed by atoms with E-state index in [9.17, 15) is 0 Å². The first kappa shape index (κ1) is 10.6. The average Bonchev–Trinajstić information content (AvgIpc) is 3.09. The van der Waals surface area contributed by atoms with Crippen LogP contribution in [0.4, 0.5) is 0 Å². The molecule has 2 rings (SSSR count). The SMILES string of the molecule is CCc1cc(C2CC2)nc(CCCN)n1. The quantitative estimate of drug-likeness (QED) is 0.797. The van der Waals surface area contributed by atoms with Crippen LogP contribution in [0.25, 0.3) is 0 Å². The second kappa shape index (κ2) is 4.71. The summed E-state index contributed by atoms with van der Waals surface area (Å²) in [4.78, 5) is 9.15. The highest BCUT2D eigenvalue weighted by molar-refractivity contribution is 5.19. The second-order valence-corrected chi connectivity index (χ2v) is 4.22. The van der Waals surface area contributed by atoms with Crippen molar-refractivity contribution < 1.29 is 0 Å². The summed E-state index contributed by atoms with van der Waals surface area (Å²) in [7, 11) is 0. The van der Waals surface area contributed by atoms with Crippen LogP contribution in [0.3, 0.4) is 0 Å². The molecule has 1 aliphatic carbocycles. The maximum absolute atomic E-state index is 5.50. The molecule has 2 N–H and O–H groups in total. The Hall–Kier alpha value is -0.960. The van der Waals surface area contributed by atoms with E-state index in [2.05, 4.69) is 23.0 Å². The van der Waals surface area contributed by atoms with Crippen molar-refractivity contribution in [2.45, 2.75) is 44.9 Å². The Bertz CT molecular complexity index is 332. The van der Waals surface area contributed by atoms with Crippen molar-refractivity contribution in [2.75, 3.05) is 6.54 Å². The number of nitrogens with zero attached hydrogens (tertiary/aromatic N) is 2. The maximum Gasteiger partial charge on any atom is 0.128 e. The van der Waals surface area contributed by atoms with Crippen molar-refractivity contribution >= 4 is 0 Å². The minimum absolute atomic E-state index is 0.718. The van der Waals surface area contributed by atoms with Gasteiger partial charge in [-0.3, -0.25) is 0 Å². The van der Waals surface area contributed by atoms with Gasteiger partial charge in [-0.25, -0.2) is 9.97 Å². The first-order valence-corrected chi connectivity index (χ1v) is 5.90. The Kier molecular flexibility index (Phi) is 3.31. The van der Waals surface area contributed by atoms with Crippen LogP contribution in [-0.4, -0.2) is 16.5 Å². The van der Waals surface area contributed by atoms with E-state index in [-0.39, 0.29) is 0 Å². The highest BCUT2D eigenvalue weighted by Gasteiger charge is 2.25. The van der Waals surface area contributed by atoms with E-state index in [0.717, 1.165) is 37.5 Å². The Balaban J connectivity index is 2.16. The maximum atomic E-state index is 5.50. The molecule has 0 spiro atoms. The van der Waals surface area contributed by atoms with Gasteiger partial charge in [-0.2, -0.15) is 0 Å². The molecule has 0 unspecified atom stereocenters. The van der Waals surface area contributed by atoms with Gasteiger partial charge in [0, 0.05) is 23.7 Å². The van der Waals surface area contributed by atoms with Crippen LogP contribution in [0.1, 0.15) is 49.3 Å². The third-order valence-electron chi connectivity index (χ3n) is 2.81. The van der Waals surface area contributed by atoms with Crippen molar-refractivity contribution in [1.82, 2.24) is 9.97 Å². The molecule has 3 nitrogen and oxygen atoms in total. The fourth-order valence-electron chi connectivity index (χ4n) is 1.72. The standard InChI is InChI=1S/C12H19N3/c1-2-10-8-11(9-5-6-9)15-12(14-10)4-3-7-13/h8-9H,2-7,13H2,1H3. The lowest BCUT2D eigenvalue weighted by Gasteiger charge is -2.05. The molecule has 1 saturated carbocycles. The minimum atomic E-state index is 0.718. The van der Waals surface area contributed by atoms with Gasteiger partial charge in [0.15, 0.2) is 0 Å². The van der Waals surface area contributed by atoms with E-state index in [4.69, 9.17) is 5.73 Å². The Morgan fingerprint density at radius 1 is 1.40 bits per heavy atom. The third kappa shape index (κ3) is 2.75. The normalized spacial score (nSPS) is 15.6. The van der Waals surface area contributed by atoms with E-state index < -0.39 is 0 Å². The summed E-state index contributed by atoms with van der Waals surface area (Å²) in [5.74, 6) is 1.71. The van der Waals surface area contributed by atoms with Gasteiger partial charge in [-0.15, -0.1) is 0 Å². The lowest BCUT2D eigenvalue weighted by molar-refractivity contribution is 0.755. The summed E-state index contributed by atoms with van der Waals surface area (Å²) in [5.41, 5.74) is 7.94. The summed E-state index contributed by atoms with van der Waals surface area (Å²) in [6.07, 6.45) is 5.51. The number of nitrogens with two attached hydrogens (primary N) is 1. The molecule has 0 atom stereocenters.